The van der Waals surface area contributed by atoms with E-state index in [1.807, 2.05) is 43.1 Å². The molecule has 0 radical (unpaired) electrons. The monoisotopic (exact) mass is 367 g/mol. The summed E-state index contributed by atoms with van der Waals surface area (Å²) in [6.07, 6.45) is 3.12. The van der Waals surface area contributed by atoms with Gasteiger partial charge >= 0.3 is 0 Å². The number of hydrogen-bond donors (Lipinski definition) is 1. The van der Waals surface area contributed by atoms with Gasteiger partial charge in [-0.25, -0.2) is 14.1 Å². The molecule has 0 aliphatic rings. The van der Waals surface area contributed by atoms with E-state index in [0.29, 0.717) is 0 Å². The van der Waals surface area contributed by atoms with E-state index in [0.717, 1.165) is 16.8 Å². The van der Waals surface area contributed by atoms with Crippen molar-refractivity contribution in [2.24, 2.45) is 0 Å². The second-order valence-corrected chi connectivity index (χ2v) is 6.55. The number of carbonyl (C=O) groups excluding carboxylic acids is 1. The largest absolute Gasteiger partial charge is 0.322 e. The SMILES string of the molecule is Cc1ccc(NC(=O)CN(C)[C@H](C)c2ccc(-n3cncn3)cc2)c(F)c1. The molecule has 1 heterocycles. The Kier molecular flexibility index (Phi) is 5.61. The first kappa shape index (κ1) is 18.7. The van der Waals surface area contributed by atoms with Crippen molar-refractivity contribution >= 4 is 11.6 Å². The van der Waals surface area contributed by atoms with Gasteiger partial charge in [-0.1, -0.05) is 18.2 Å². The third-order valence-corrected chi connectivity index (χ3v) is 4.51. The summed E-state index contributed by atoms with van der Waals surface area (Å²) in [5.74, 6) is -0.686. The number of anilines is 1. The highest BCUT2D eigenvalue weighted by Crippen LogP contribution is 2.20. The number of nitrogens with zero attached hydrogens (tertiary/aromatic N) is 4. The molecule has 0 saturated carbocycles. The average molecular weight is 367 g/mol. The number of rotatable bonds is 6. The molecule has 1 aromatic heterocycles. The number of amides is 1. The lowest BCUT2D eigenvalue weighted by atomic mass is 10.1. The molecule has 140 valence electrons. The van der Waals surface area contributed by atoms with Gasteiger partial charge in [0.25, 0.3) is 0 Å². The summed E-state index contributed by atoms with van der Waals surface area (Å²) in [6.45, 7) is 3.97. The number of halogens is 1. The zero-order chi connectivity index (χ0) is 19.4. The van der Waals surface area contributed by atoms with Crippen LogP contribution in [0.25, 0.3) is 5.69 Å². The van der Waals surface area contributed by atoms with Crippen molar-refractivity contribution in [2.75, 3.05) is 18.9 Å². The zero-order valence-electron chi connectivity index (χ0n) is 15.6. The van der Waals surface area contributed by atoms with E-state index in [1.54, 1.807) is 30.1 Å². The van der Waals surface area contributed by atoms with E-state index in [-0.39, 0.29) is 24.2 Å². The molecule has 0 aliphatic heterocycles. The van der Waals surface area contributed by atoms with Crippen LogP contribution in [0.15, 0.2) is 55.1 Å². The highest BCUT2D eigenvalue weighted by molar-refractivity contribution is 5.92. The third-order valence-electron chi connectivity index (χ3n) is 4.51. The average Bonchev–Trinajstić information content (AvgIpc) is 3.18. The lowest BCUT2D eigenvalue weighted by Gasteiger charge is -2.24. The minimum atomic E-state index is -0.428. The first-order valence-corrected chi connectivity index (χ1v) is 8.65. The Hall–Kier alpha value is -3.06. The van der Waals surface area contributed by atoms with Gasteiger partial charge in [0.1, 0.15) is 18.5 Å². The van der Waals surface area contributed by atoms with Crippen LogP contribution in [0.1, 0.15) is 24.1 Å². The Balaban J connectivity index is 1.61. The van der Waals surface area contributed by atoms with Crippen molar-refractivity contribution in [3.8, 4) is 5.69 Å². The van der Waals surface area contributed by atoms with Crippen LogP contribution in [0, 0.1) is 12.7 Å². The molecule has 0 saturated heterocycles. The topological polar surface area (TPSA) is 63.1 Å². The number of carbonyl (C=O) groups is 1. The molecule has 3 rings (SSSR count). The molecule has 27 heavy (non-hydrogen) atoms. The number of nitrogens with one attached hydrogen (secondary N) is 1. The number of benzene rings is 2. The van der Waals surface area contributed by atoms with Crippen LogP contribution in [0.4, 0.5) is 10.1 Å². The predicted molar refractivity (Wildman–Crippen MR) is 102 cm³/mol. The summed E-state index contributed by atoms with van der Waals surface area (Å²) >= 11 is 0. The number of hydrogen-bond acceptors (Lipinski definition) is 4. The molecule has 3 aromatic rings. The minimum Gasteiger partial charge on any atom is -0.322 e. The highest BCUT2D eigenvalue weighted by atomic mass is 19.1. The van der Waals surface area contributed by atoms with Crippen molar-refractivity contribution < 1.29 is 9.18 Å². The second kappa shape index (κ2) is 8.09. The van der Waals surface area contributed by atoms with Gasteiger partial charge in [-0.05, 0) is 56.3 Å². The fourth-order valence-corrected chi connectivity index (χ4v) is 2.78. The fraction of sp³-hybridized carbons (Fsp3) is 0.250. The van der Waals surface area contributed by atoms with E-state index < -0.39 is 5.82 Å². The molecular weight excluding hydrogens is 345 g/mol. The van der Waals surface area contributed by atoms with Crippen LogP contribution in [-0.2, 0) is 4.79 Å². The lowest BCUT2D eigenvalue weighted by Crippen LogP contribution is -2.32. The highest BCUT2D eigenvalue weighted by Gasteiger charge is 2.16. The van der Waals surface area contributed by atoms with Crippen molar-refractivity contribution in [1.82, 2.24) is 19.7 Å². The molecular formula is C20H22FN5O. The fourth-order valence-electron chi connectivity index (χ4n) is 2.78. The van der Waals surface area contributed by atoms with Gasteiger partial charge in [-0.2, -0.15) is 5.10 Å². The predicted octanol–water partition coefficient (Wildman–Crippen LogP) is 3.35. The Morgan fingerprint density at radius 1 is 1.26 bits per heavy atom. The molecule has 2 aromatic carbocycles. The smallest absolute Gasteiger partial charge is 0.238 e. The van der Waals surface area contributed by atoms with Crippen LogP contribution in [0.2, 0.25) is 0 Å². The van der Waals surface area contributed by atoms with Gasteiger partial charge in [-0.3, -0.25) is 9.69 Å². The number of aromatic nitrogens is 3. The Labute approximate surface area is 157 Å². The van der Waals surface area contributed by atoms with Gasteiger partial charge in [0.05, 0.1) is 17.9 Å². The van der Waals surface area contributed by atoms with Gasteiger partial charge in [0, 0.05) is 6.04 Å². The van der Waals surface area contributed by atoms with Crippen molar-refractivity contribution in [2.45, 2.75) is 19.9 Å². The van der Waals surface area contributed by atoms with Gasteiger partial charge in [0.2, 0.25) is 5.91 Å². The van der Waals surface area contributed by atoms with Crippen LogP contribution in [0.5, 0.6) is 0 Å². The molecule has 1 atom stereocenters. The van der Waals surface area contributed by atoms with Crippen molar-refractivity contribution in [3.05, 3.63) is 72.1 Å². The summed E-state index contributed by atoms with van der Waals surface area (Å²) in [5.41, 5.74) is 2.99. The molecule has 0 spiro atoms. The maximum Gasteiger partial charge on any atom is 0.238 e. The molecule has 0 fully saturated rings. The van der Waals surface area contributed by atoms with E-state index in [2.05, 4.69) is 15.4 Å². The molecule has 0 bridgehead atoms. The molecule has 1 amide bonds. The minimum absolute atomic E-state index is 0.0170. The Morgan fingerprint density at radius 2 is 2.00 bits per heavy atom. The molecule has 6 nitrogen and oxygen atoms in total. The maximum atomic E-state index is 13.9. The van der Waals surface area contributed by atoms with E-state index in [1.165, 1.54) is 12.4 Å². The summed E-state index contributed by atoms with van der Waals surface area (Å²) in [5, 5.41) is 6.73. The standard InChI is InChI=1S/C20H22FN5O/c1-14-4-9-19(18(21)10-14)24-20(27)11-25(3)15(2)16-5-7-17(8-6-16)26-13-22-12-23-26/h4-10,12-13,15H,11H2,1-3H3,(H,24,27)/t15-/m1/s1. The molecule has 1 N–H and O–H groups in total. The summed E-state index contributed by atoms with van der Waals surface area (Å²) in [6, 6.07) is 12.7. The first-order valence-electron chi connectivity index (χ1n) is 8.65. The number of likely N-dealkylation sites (N-methyl/N-ethyl adjacent to an activating group) is 1. The van der Waals surface area contributed by atoms with Gasteiger partial charge in [0.15, 0.2) is 0 Å². The summed E-state index contributed by atoms with van der Waals surface area (Å²) in [4.78, 5) is 18.1. The first-order chi connectivity index (χ1) is 12.9. The molecule has 0 aliphatic carbocycles. The lowest BCUT2D eigenvalue weighted by molar-refractivity contribution is -0.117. The van der Waals surface area contributed by atoms with Gasteiger partial charge < -0.3 is 5.32 Å². The van der Waals surface area contributed by atoms with Crippen LogP contribution in [0.3, 0.4) is 0 Å². The van der Waals surface area contributed by atoms with Crippen LogP contribution < -0.4 is 5.32 Å². The number of aryl methyl sites for hydroxylation is 1. The molecule has 7 heteroatoms. The van der Waals surface area contributed by atoms with Crippen LogP contribution >= 0.6 is 0 Å². The third kappa shape index (κ3) is 4.57. The molecule has 0 unspecified atom stereocenters. The van der Waals surface area contributed by atoms with Crippen molar-refractivity contribution in [3.63, 3.8) is 0 Å². The van der Waals surface area contributed by atoms with Gasteiger partial charge in [-0.15, -0.1) is 0 Å². The van der Waals surface area contributed by atoms with E-state index in [9.17, 15) is 9.18 Å². The Bertz CT molecular complexity index is 909. The second-order valence-electron chi connectivity index (χ2n) is 6.55. The summed E-state index contributed by atoms with van der Waals surface area (Å²) < 4.78 is 15.6. The summed E-state index contributed by atoms with van der Waals surface area (Å²) in [7, 11) is 1.86. The van der Waals surface area contributed by atoms with Crippen LogP contribution in [-0.4, -0.2) is 39.2 Å². The normalized spacial score (nSPS) is 12.2. The van der Waals surface area contributed by atoms with E-state index >= 15 is 0 Å². The quantitative estimate of drug-likeness (QED) is 0.726. The van der Waals surface area contributed by atoms with Crippen molar-refractivity contribution in [1.29, 1.82) is 0 Å². The van der Waals surface area contributed by atoms with E-state index in [4.69, 9.17) is 0 Å². The zero-order valence-corrected chi connectivity index (χ0v) is 15.6. The Morgan fingerprint density at radius 3 is 2.63 bits per heavy atom. The maximum absolute atomic E-state index is 13.9.